The first-order valence-electron chi connectivity index (χ1n) is 8.65. The van der Waals surface area contributed by atoms with E-state index in [-0.39, 0.29) is 32.2 Å². The summed E-state index contributed by atoms with van der Waals surface area (Å²) in [6, 6.07) is 0. The highest BCUT2D eigenvalue weighted by Crippen LogP contribution is 2.55. The molecule has 2 heterocycles. The van der Waals surface area contributed by atoms with Crippen LogP contribution in [0.2, 0.25) is 10.1 Å². The van der Waals surface area contributed by atoms with Gasteiger partial charge in [-0.2, -0.15) is 0 Å². The number of halogens is 1. The van der Waals surface area contributed by atoms with Gasteiger partial charge in [0.15, 0.2) is 6.29 Å². The SMILES string of the molecule is CO[C@H]1O[C@@H]2CO[Si](C(C)(C)C)(C(C)(C)C)O[C@H]2[C@H](OC(C)=O)[C@H]1I. The van der Waals surface area contributed by atoms with Crippen LogP contribution in [0.1, 0.15) is 48.5 Å². The van der Waals surface area contributed by atoms with Crippen LogP contribution in [0.15, 0.2) is 0 Å². The minimum atomic E-state index is -2.66. The number of carbonyl (C=O) groups is 1. The van der Waals surface area contributed by atoms with Crippen molar-refractivity contribution in [2.75, 3.05) is 13.7 Å². The number of carbonyl (C=O) groups excluding carboxylic acids is 1. The van der Waals surface area contributed by atoms with Crippen LogP contribution >= 0.6 is 22.6 Å². The highest BCUT2D eigenvalue weighted by molar-refractivity contribution is 14.1. The molecule has 0 aromatic carbocycles. The third kappa shape index (κ3) is 3.94. The van der Waals surface area contributed by atoms with Gasteiger partial charge in [0.25, 0.3) is 0 Å². The summed E-state index contributed by atoms with van der Waals surface area (Å²) >= 11 is 2.22. The zero-order chi connectivity index (χ0) is 19.2. The van der Waals surface area contributed by atoms with E-state index in [0.717, 1.165) is 0 Å². The lowest BCUT2D eigenvalue weighted by molar-refractivity contribution is -0.258. The number of ether oxygens (including phenoxy) is 3. The summed E-state index contributed by atoms with van der Waals surface area (Å²) < 4.78 is 30.1. The Morgan fingerprint density at radius 2 is 1.72 bits per heavy atom. The lowest BCUT2D eigenvalue weighted by atomic mass is 10.0. The summed E-state index contributed by atoms with van der Waals surface area (Å²) in [4.78, 5) is 11.7. The number of rotatable bonds is 2. The Kier molecular flexibility index (Phi) is 6.34. The van der Waals surface area contributed by atoms with Crippen LogP contribution in [0.5, 0.6) is 0 Å². The minimum Gasteiger partial charge on any atom is -0.458 e. The zero-order valence-corrected chi connectivity index (χ0v) is 19.6. The van der Waals surface area contributed by atoms with Gasteiger partial charge in [0, 0.05) is 24.1 Å². The summed E-state index contributed by atoms with van der Waals surface area (Å²) in [6.45, 7) is 14.8. The maximum Gasteiger partial charge on any atom is 0.349 e. The van der Waals surface area contributed by atoms with E-state index in [2.05, 4.69) is 64.1 Å². The van der Waals surface area contributed by atoms with Crippen molar-refractivity contribution in [3.05, 3.63) is 0 Å². The highest BCUT2D eigenvalue weighted by Gasteiger charge is 2.65. The predicted octanol–water partition coefficient (Wildman–Crippen LogP) is 3.55. The molecule has 0 aromatic heterocycles. The average molecular weight is 486 g/mol. The van der Waals surface area contributed by atoms with Crippen LogP contribution in [0.3, 0.4) is 0 Å². The monoisotopic (exact) mass is 486 g/mol. The van der Waals surface area contributed by atoms with E-state index in [0.29, 0.717) is 6.61 Å². The van der Waals surface area contributed by atoms with Crippen molar-refractivity contribution in [1.82, 2.24) is 0 Å². The second-order valence-electron chi connectivity index (χ2n) is 8.81. The molecule has 2 rings (SSSR count). The molecule has 5 atom stereocenters. The Balaban J connectivity index is 2.41. The van der Waals surface area contributed by atoms with Gasteiger partial charge in [0.2, 0.25) is 0 Å². The van der Waals surface area contributed by atoms with Crippen molar-refractivity contribution in [2.45, 2.75) is 87.1 Å². The molecular weight excluding hydrogens is 455 g/mol. The van der Waals surface area contributed by atoms with E-state index < -0.39 is 21.0 Å². The van der Waals surface area contributed by atoms with Crippen LogP contribution in [-0.4, -0.2) is 56.8 Å². The van der Waals surface area contributed by atoms with Gasteiger partial charge in [-0.05, 0) is 0 Å². The molecule has 0 radical (unpaired) electrons. The summed E-state index contributed by atoms with van der Waals surface area (Å²) in [7, 11) is -1.07. The maximum atomic E-state index is 11.7. The number of alkyl halides is 1. The first-order valence-corrected chi connectivity index (χ1v) is 11.7. The normalized spacial score (nSPS) is 35.8. The minimum absolute atomic E-state index is 0.143. The third-order valence-corrected chi connectivity index (χ3v) is 11.3. The van der Waals surface area contributed by atoms with Crippen LogP contribution in [0, 0.1) is 0 Å². The first kappa shape index (κ1) is 21.6. The van der Waals surface area contributed by atoms with E-state index in [1.165, 1.54) is 6.92 Å². The molecule has 0 unspecified atom stereocenters. The summed E-state index contributed by atoms with van der Waals surface area (Å²) in [5.41, 5.74) is 0. The van der Waals surface area contributed by atoms with E-state index in [4.69, 9.17) is 23.1 Å². The number of esters is 1. The molecule has 146 valence electrons. The fraction of sp³-hybridized carbons (Fsp3) is 0.941. The van der Waals surface area contributed by atoms with Crippen molar-refractivity contribution in [1.29, 1.82) is 0 Å². The van der Waals surface area contributed by atoms with E-state index >= 15 is 0 Å². The molecule has 2 fully saturated rings. The van der Waals surface area contributed by atoms with Crippen LogP contribution in [0.25, 0.3) is 0 Å². The van der Waals surface area contributed by atoms with Crippen molar-refractivity contribution in [2.24, 2.45) is 0 Å². The lowest BCUT2D eigenvalue weighted by Gasteiger charge is -2.57. The molecular formula is C17H31IO6Si. The van der Waals surface area contributed by atoms with Gasteiger partial charge < -0.3 is 23.1 Å². The van der Waals surface area contributed by atoms with Gasteiger partial charge in [0.05, 0.1) is 6.61 Å². The molecule has 8 heteroatoms. The van der Waals surface area contributed by atoms with Crippen LogP contribution in [-0.2, 0) is 27.9 Å². The molecule has 0 saturated carbocycles. The number of fused-ring (bicyclic) bond motifs is 1. The van der Waals surface area contributed by atoms with Gasteiger partial charge in [-0.15, -0.1) is 0 Å². The fourth-order valence-corrected chi connectivity index (χ4v) is 9.97. The fourth-order valence-electron chi connectivity index (χ4n) is 4.00. The van der Waals surface area contributed by atoms with E-state index in [1.807, 2.05) is 0 Å². The molecule has 0 N–H and O–H groups in total. The van der Waals surface area contributed by atoms with Gasteiger partial charge in [0.1, 0.15) is 22.2 Å². The van der Waals surface area contributed by atoms with Crippen molar-refractivity contribution >= 4 is 37.1 Å². The first-order chi connectivity index (χ1) is 11.3. The van der Waals surface area contributed by atoms with E-state index in [1.54, 1.807) is 7.11 Å². The average Bonchev–Trinajstić information content (AvgIpc) is 2.46. The van der Waals surface area contributed by atoms with Gasteiger partial charge >= 0.3 is 14.5 Å². The number of methoxy groups -OCH3 is 1. The van der Waals surface area contributed by atoms with Gasteiger partial charge in [-0.1, -0.05) is 64.1 Å². The molecule has 2 aliphatic rings. The quantitative estimate of drug-likeness (QED) is 0.258. The Morgan fingerprint density at radius 1 is 1.16 bits per heavy atom. The molecule has 0 spiro atoms. The summed E-state index contributed by atoms with van der Waals surface area (Å²) in [5, 5.41) is -0.286. The van der Waals surface area contributed by atoms with Crippen molar-refractivity contribution < 1.29 is 27.9 Å². The topological polar surface area (TPSA) is 63.2 Å². The predicted molar refractivity (Wildman–Crippen MR) is 105 cm³/mol. The molecule has 2 saturated heterocycles. The smallest absolute Gasteiger partial charge is 0.349 e. The van der Waals surface area contributed by atoms with Crippen molar-refractivity contribution in [3.63, 3.8) is 0 Å². The zero-order valence-electron chi connectivity index (χ0n) is 16.4. The highest BCUT2D eigenvalue weighted by atomic mass is 127. The second kappa shape index (κ2) is 7.35. The lowest BCUT2D eigenvalue weighted by Crippen LogP contribution is -2.71. The summed E-state index contributed by atoms with van der Waals surface area (Å²) in [5.74, 6) is -0.323. The summed E-state index contributed by atoms with van der Waals surface area (Å²) in [6.07, 6.45) is -1.55. The van der Waals surface area contributed by atoms with Crippen molar-refractivity contribution in [3.8, 4) is 0 Å². The third-order valence-electron chi connectivity index (χ3n) is 4.84. The van der Waals surface area contributed by atoms with Gasteiger partial charge in [-0.25, -0.2) is 0 Å². The van der Waals surface area contributed by atoms with Crippen LogP contribution in [0.4, 0.5) is 0 Å². The Hall–Kier alpha value is 0.257. The molecule has 25 heavy (non-hydrogen) atoms. The second-order valence-corrected chi connectivity index (χ2v) is 15.0. The number of hydrogen-bond acceptors (Lipinski definition) is 6. The number of hydrogen-bond donors (Lipinski definition) is 0. The Labute approximate surface area is 165 Å². The maximum absolute atomic E-state index is 11.7. The molecule has 0 aromatic rings. The van der Waals surface area contributed by atoms with Crippen LogP contribution < -0.4 is 0 Å². The van der Waals surface area contributed by atoms with E-state index in [9.17, 15) is 4.79 Å². The molecule has 6 nitrogen and oxygen atoms in total. The molecule has 0 amide bonds. The Morgan fingerprint density at radius 3 is 2.16 bits per heavy atom. The molecule has 0 bridgehead atoms. The largest absolute Gasteiger partial charge is 0.458 e. The Bertz CT molecular complexity index is 486. The standard InChI is InChI=1S/C17H31IO6Si/c1-10(19)22-14-12(18)15(20-8)23-11-9-21-25(16(2,3)4,17(5,6)7)24-13(11)14/h11-15H,9H2,1-8H3/t11-,12-,13-,14-,15+/m1/s1. The molecule has 0 aliphatic carbocycles. The van der Waals surface area contributed by atoms with Gasteiger partial charge in [-0.3, -0.25) is 4.79 Å². The molecule has 2 aliphatic heterocycles.